The smallest absolute Gasteiger partial charge is 0.220 e. The van der Waals surface area contributed by atoms with E-state index in [9.17, 15) is 4.79 Å². The number of amides is 1. The van der Waals surface area contributed by atoms with E-state index in [0.717, 1.165) is 37.9 Å². The molecule has 1 N–H and O–H groups in total. The second-order valence-electron chi connectivity index (χ2n) is 7.42. The number of ether oxygens (including phenoxy) is 2. The van der Waals surface area contributed by atoms with Gasteiger partial charge >= 0.3 is 0 Å². The van der Waals surface area contributed by atoms with Crippen molar-refractivity contribution in [3.8, 4) is 5.75 Å². The number of unbranched alkanes of at least 4 members (excludes halogenated alkanes) is 2. The van der Waals surface area contributed by atoms with Crippen molar-refractivity contribution in [1.82, 2.24) is 5.32 Å². The van der Waals surface area contributed by atoms with Crippen molar-refractivity contribution < 1.29 is 14.3 Å². The summed E-state index contributed by atoms with van der Waals surface area (Å²) < 4.78 is 11.2. The van der Waals surface area contributed by atoms with E-state index in [0.29, 0.717) is 18.9 Å². The Morgan fingerprint density at radius 1 is 1.15 bits per heavy atom. The van der Waals surface area contributed by atoms with Gasteiger partial charge in [-0.1, -0.05) is 38.0 Å². The van der Waals surface area contributed by atoms with Crippen molar-refractivity contribution in [2.24, 2.45) is 0 Å². The SMILES string of the molecule is CCCCCC(=O)NCC1CCC(OC)c2ccc3ccc(OC)cc3c21. The van der Waals surface area contributed by atoms with Gasteiger partial charge in [-0.05, 0) is 53.3 Å². The van der Waals surface area contributed by atoms with Gasteiger partial charge in [-0.3, -0.25) is 4.79 Å². The van der Waals surface area contributed by atoms with Crippen LogP contribution >= 0.6 is 0 Å². The Labute approximate surface area is 162 Å². The van der Waals surface area contributed by atoms with E-state index in [2.05, 4.69) is 36.5 Å². The van der Waals surface area contributed by atoms with E-state index < -0.39 is 0 Å². The second-order valence-corrected chi connectivity index (χ2v) is 7.42. The summed E-state index contributed by atoms with van der Waals surface area (Å²) in [5.41, 5.74) is 2.55. The van der Waals surface area contributed by atoms with Crippen molar-refractivity contribution in [3.05, 3.63) is 41.5 Å². The van der Waals surface area contributed by atoms with Crippen LogP contribution in [0.3, 0.4) is 0 Å². The highest BCUT2D eigenvalue weighted by Crippen LogP contribution is 2.43. The van der Waals surface area contributed by atoms with Crippen LogP contribution in [0.4, 0.5) is 0 Å². The monoisotopic (exact) mass is 369 g/mol. The molecule has 0 aromatic heterocycles. The predicted molar refractivity (Wildman–Crippen MR) is 109 cm³/mol. The van der Waals surface area contributed by atoms with Crippen molar-refractivity contribution in [3.63, 3.8) is 0 Å². The maximum atomic E-state index is 12.2. The lowest BCUT2D eigenvalue weighted by Gasteiger charge is -2.32. The minimum atomic E-state index is 0.118. The van der Waals surface area contributed by atoms with E-state index in [-0.39, 0.29) is 12.0 Å². The molecular weight excluding hydrogens is 338 g/mol. The molecule has 2 aromatic carbocycles. The normalized spacial score (nSPS) is 18.9. The topological polar surface area (TPSA) is 47.6 Å². The zero-order chi connectivity index (χ0) is 19.2. The second kappa shape index (κ2) is 9.23. The van der Waals surface area contributed by atoms with Crippen LogP contribution in [0.1, 0.15) is 68.6 Å². The first-order valence-corrected chi connectivity index (χ1v) is 10.1. The molecule has 1 aliphatic rings. The molecule has 146 valence electrons. The lowest BCUT2D eigenvalue weighted by molar-refractivity contribution is -0.121. The summed E-state index contributed by atoms with van der Waals surface area (Å²) in [5, 5.41) is 5.57. The highest BCUT2D eigenvalue weighted by molar-refractivity contribution is 5.89. The number of methoxy groups -OCH3 is 2. The Balaban J connectivity index is 1.87. The average molecular weight is 370 g/mol. The van der Waals surface area contributed by atoms with E-state index in [1.54, 1.807) is 14.2 Å². The van der Waals surface area contributed by atoms with Crippen LogP contribution < -0.4 is 10.1 Å². The number of fused-ring (bicyclic) bond motifs is 3. The zero-order valence-electron chi connectivity index (χ0n) is 16.7. The number of benzene rings is 2. The van der Waals surface area contributed by atoms with Crippen LogP contribution in [0, 0.1) is 0 Å². The molecule has 4 heteroatoms. The Morgan fingerprint density at radius 2 is 1.96 bits per heavy atom. The van der Waals surface area contributed by atoms with Gasteiger partial charge in [0.1, 0.15) is 5.75 Å². The van der Waals surface area contributed by atoms with Crippen LogP contribution in [-0.4, -0.2) is 26.7 Å². The molecule has 0 heterocycles. The third-order valence-electron chi connectivity index (χ3n) is 5.67. The Bertz CT molecular complexity index is 787. The molecule has 0 saturated heterocycles. The number of hydrogen-bond donors (Lipinski definition) is 1. The molecule has 0 saturated carbocycles. The standard InChI is InChI=1S/C23H31NO3/c1-4-5-6-7-22(25)24-15-17-10-13-21(27-3)19-12-9-16-8-11-18(26-2)14-20(16)23(17)19/h8-9,11-12,14,17,21H,4-7,10,13,15H2,1-3H3,(H,24,25). The first-order valence-electron chi connectivity index (χ1n) is 10.1. The highest BCUT2D eigenvalue weighted by Gasteiger charge is 2.29. The number of nitrogens with one attached hydrogen (secondary N) is 1. The number of rotatable bonds is 8. The molecule has 0 bridgehead atoms. The molecule has 2 aromatic rings. The Kier molecular flexibility index (Phi) is 6.73. The number of carbonyl (C=O) groups is 1. The first kappa shape index (κ1) is 19.7. The van der Waals surface area contributed by atoms with Crippen LogP contribution in [0.5, 0.6) is 5.75 Å². The summed E-state index contributed by atoms with van der Waals surface area (Å²) >= 11 is 0. The van der Waals surface area contributed by atoms with Gasteiger partial charge in [0.15, 0.2) is 0 Å². The van der Waals surface area contributed by atoms with Gasteiger partial charge in [0, 0.05) is 26.0 Å². The van der Waals surface area contributed by atoms with Crippen LogP contribution in [-0.2, 0) is 9.53 Å². The van der Waals surface area contributed by atoms with E-state index in [1.807, 2.05) is 6.07 Å². The van der Waals surface area contributed by atoms with E-state index in [4.69, 9.17) is 9.47 Å². The van der Waals surface area contributed by atoms with Gasteiger partial charge < -0.3 is 14.8 Å². The van der Waals surface area contributed by atoms with Crippen molar-refractivity contribution >= 4 is 16.7 Å². The molecule has 27 heavy (non-hydrogen) atoms. The van der Waals surface area contributed by atoms with E-state index in [1.165, 1.54) is 21.9 Å². The molecule has 0 radical (unpaired) electrons. The molecule has 1 amide bonds. The number of hydrogen-bond acceptors (Lipinski definition) is 3. The predicted octanol–water partition coefficient (Wildman–Crippen LogP) is 5.11. The van der Waals surface area contributed by atoms with Crippen LogP contribution in [0.2, 0.25) is 0 Å². The van der Waals surface area contributed by atoms with Crippen molar-refractivity contribution in [1.29, 1.82) is 0 Å². The van der Waals surface area contributed by atoms with Crippen molar-refractivity contribution in [2.45, 2.75) is 57.5 Å². The largest absolute Gasteiger partial charge is 0.497 e. The third kappa shape index (κ3) is 4.44. The Morgan fingerprint density at radius 3 is 2.70 bits per heavy atom. The zero-order valence-corrected chi connectivity index (χ0v) is 16.7. The summed E-state index contributed by atoms with van der Waals surface area (Å²) in [6.07, 6.45) is 5.95. The fraction of sp³-hybridized carbons (Fsp3) is 0.522. The molecule has 2 unspecified atom stereocenters. The van der Waals surface area contributed by atoms with E-state index >= 15 is 0 Å². The molecule has 0 aliphatic heterocycles. The fourth-order valence-corrected chi connectivity index (χ4v) is 4.16. The minimum Gasteiger partial charge on any atom is -0.497 e. The maximum Gasteiger partial charge on any atom is 0.220 e. The van der Waals surface area contributed by atoms with Gasteiger partial charge in [0.25, 0.3) is 0 Å². The summed E-state index contributed by atoms with van der Waals surface area (Å²) in [5.74, 6) is 1.33. The molecule has 2 atom stereocenters. The maximum absolute atomic E-state index is 12.2. The highest BCUT2D eigenvalue weighted by atomic mass is 16.5. The fourth-order valence-electron chi connectivity index (χ4n) is 4.16. The van der Waals surface area contributed by atoms with Gasteiger partial charge in [0.05, 0.1) is 13.2 Å². The van der Waals surface area contributed by atoms with Gasteiger partial charge in [-0.25, -0.2) is 0 Å². The summed E-state index contributed by atoms with van der Waals surface area (Å²) in [6, 6.07) is 10.6. The summed E-state index contributed by atoms with van der Waals surface area (Å²) in [4.78, 5) is 12.2. The minimum absolute atomic E-state index is 0.118. The van der Waals surface area contributed by atoms with Crippen molar-refractivity contribution in [2.75, 3.05) is 20.8 Å². The molecule has 4 nitrogen and oxygen atoms in total. The number of carbonyl (C=O) groups excluding carboxylic acids is 1. The van der Waals surface area contributed by atoms with Crippen LogP contribution in [0.15, 0.2) is 30.3 Å². The van der Waals surface area contributed by atoms with Gasteiger partial charge in [-0.15, -0.1) is 0 Å². The lowest BCUT2D eigenvalue weighted by atomic mass is 9.78. The molecule has 1 aliphatic carbocycles. The molecule has 0 spiro atoms. The van der Waals surface area contributed by atoms with Gasteiger partial charge in [0.2, 0.25) is 5.91 Å². The Hall–Kier alpha value is -2.07. The summed E-state index contributed by atoms with van der Waals surface area (Å²) in [7, 11) is 3.47. The average Bonchev–Trinajstić information content (AvgIpc) is 2.71. The molecule has 3 rings (SSSR count). The van der Waals surface area contributed by atoms with Crippen LogP contribution in [0.25, 0.3) is 10.8 Å². The molecular formula is C23H31NO3. The lowest BCUT2D eigenvalue weighted by Crippen LogP contribution is -2.30. The van der Waals surface area contributed by atoms with Gasteiger partial charge in [-0.2, -0.15) is 0 Å². The molecule has 0 fully saturated rings. The summed E-state index contributed by atoms with van der Waals surface area (Å²) in [6.45, 7) is 2.84. The third-order valence-corrected chi connectivity index (χ3v) is 5.67. The quantitative estimate of drug-likeness (QED) is 0.658. The first-order chi connectivity index (χ1) is 13.2.